The normalized spacial score (nSPS) is 28.5. The minimum absolute atomic E-state index is 0.0931. The number of likely N-dealkylation sites (N-methyl/N-ethyl adjacent to an activating group) is 1. The molecule has 0 radical (unpaired) electrons. The predicted octanol–water partition coefficient (Wildman–Crippen LogP) is 1.62. The van der Waals surface area contributed by atoms with E-state index in [4.69, 9.17) is 15.7 Å². The molecule has 0 amide bonds. The molecular formula is C17H28NO2+. The molecule has 3 heteroatoms. The molecule has 0 saturated heterocycles. The van der Waals surface area contributed by atoms with E-state index in [0.717, 1.165) is 19.3 Å². The van der Waals surface area contributed by atoms with Crippen molar-refractivity contribution in [3.63, 3.8) is 0 Å². The van der Waals surface area contributed by atoms with Gasteiger partial charge in [0.15, 0.2) is 0 Å². The lowest BCUT2D eigenvalue weighted by Crippen LogP contribution is -3.06. The second-order valence-electron chi connectivity index (χ2n) is 5.62. The van der Waals surface area contributed by atoms with Crippen molar-refractivity contribution in [2.45, 2.75) is 43.6 Å². The Morgan fingerprint density at radius 1 is 1.30 bits per heavy atom. The van der Waals surface area contributed by atoms with Crippen LogP contribution in [0.1, 0.15) is 54.6 Å². The highest BCUT2D eigenvalue weighted by Crippen LogP contribution is 2.39. The number of rotatable bonds is 5. The number of ether oxygens (including phenoxy) is 1. The maximum atomic E-state index is 11.3. The Balaban J connectivity index is 2.35. The molecule has 2 rings (SSSR count). The molecule has 1 aliphatic carbocycles. The number of hydrogen-bond donors (Lipinski definition) is 2. The van der Waals surface area contributed by atoms with E-state index >= 15 is 0 Å². The highest BCUT2D eigenvalue weighted by Gasteiger charge is 2.40. The first-order valence-electron chi connectivity index (χ1n) is 11.2. The molecule has 0 heterocycles. The van der Waals surface area contributed by atoms with Crippen LogP contribution in [0.5, 0.6) is 5.75 Å². The van der Waals surface area contributed by atoms with Crippen molar-refractivity contribution in [2.75, 3.05) is 27.6 Å². The summed E-state index contributed by atoms with van der Waals surface area (Å²) >= 11 is 0. The molecule has 2 atom stereocenters. The van der Waals surface area contributed by atoms with Gasteiger partial charge < -0.3 is 14.7 Å². The van der Waals surface area contributed by atoms with Crippen LogP contribution in [0.4, 0.5) is 0 Å². The standard InChI is InChI=1S/C17H27NO2/c1-18(2)13-16(17(19)11-5-4-6-12-17)14-7-9-15(20-3)10-8-14/h7-10,16,19H,4-6,11-13H2,1-3H3/p+1/i1D2,2D3,3D3. The Morgan fingerprint density at radius 3 is 2.65 bits per heavy atom. The Bertz CT molecular complexity index is 624. The fraction of sp³-hybridized carbons (Fsp3) is 0.647. The minimum atomic E-state index is -2.58. The average Bonchev–Trinajstić information content (AvgIpc) is 2.54. The van der Waals surface area contributed by atoms with Gasteiger partial charge in [0, 0.05) is 0 Å². The Labute approximate surface area is 133 Å². The molecule has 1 fully saturated rings. The van der Waals surface area contributed by atoms with Gasteiger partial charge in [-0.05, 0) is 30.5 Å². The zero-order valence-electron chi connectivity index (χ0n) is 19.6. The highest BCUT2D eigenvalue weighted by atomic mass is 16.5. The van der Waals surface area contributed by atoms with Gasteiger partial charge in [-0.15, -0.1) is 0 Å². The van der Waals surface area contributed by atoms with Gasteiger partial charge >= 0.3 is 0 Å². The van der Waals surface area contributed by atoms with Crippen molar-refractivity contribution in [1.29, 1.82) is 0 Å². The number of benzene rings is 1. The third kappa shape index (κ3) is 3.53. The van der Waals surface area contributed by atoms with Crippen LogP contribution in [0.15, 0.2) is 24.3 Å². The molecule has 2 unspecified atom stereocenters. The van der Waals surface area contributed by atoms with E-state index in [9.17, 15) is 5.11 Å². The molecular weight excluding hydrogens is 250 g/mol. The first-order valence-corrected chi connectivity index (χ1v) is 7.04. The van der Waals surface area contributed by atoms with Crippen LogP contribution in [0.2, 0.25) is 0 Å². The SMILES string of the molecule is [2H]C([2H])[NH+](CC(c1ccc(OC([2H])([2H])[2H])cc1)C1(O)CCCCC1)C([2H])([2H])[2H]. The van der Waals surface area contributed by atoms with Gasteiger partial charge in [0.1, 0.15) is 5.75 Å². The van der Waals surface area contributed by atoms with Crippen molar-refractivity contribution < 1.29 is 25.7 Å². The quantitative estimate of drug-likeness (QED) is 0.862. The summed E-state index contributed by atoms with van der Waals surface area (Å²) in [4.78, 5) is -0.209. The largest absolute Gasteiger partial charge is 0.497 e. The lowest BCUT2D eigenvalue weighted by atomic mass is 9.72. The fourth-order valence-electron chi connectivity index (χ4n) is 3.12. The summed E-state index contributed by atoms with van der Waals surface area (Å²) in [7, 11) is -2.58. The molecule has 1 aromatic rings. The summed E-state index contributed by atoms with van der Waals surface area (Å²) < 4.78 is 64.7. The van der Waals surface area contributed by atoms with Gasteiger partial charge in [-0.1, -0.05) is 31.4 Å². The zero-order valence-corrected chi connectivity index (χ0v) is 11.6. The van der Waals surface area contributed by atoms with Gasteiger partial charge in [-0.3, -0.25) is 0 Å². The Hall–Kier alpha value is -1.06. The number of aliphatic hydroxyl groups is 1. The first-order chi connectivity index (χ1) is 12.8. The monoisotopic (exact) mass is 286 g/mol. The van der Waals surface area contributed by atoms with Gasteiger partial charge in [-0.25, -0.2) is 0 Å². The summed E-state index contributed by atoms with van der Waals surface area (Å²) in [6, 6.07) is 6.21. The molecule has 0 bridgehead atoms. The lowest BCUT2D eigenvalue weighted by molar-refractivity contribution is -0.860. The van der Waals surface area contributed by atoms with Crippen LogP contribution in [-0.2, 0) is 0 Å². The van der Waals surface area contributed by atoms with Crippen molar-refractivity contribution in [2.24, 2.45) is 0 Å². The second kappa shape index (κ2) is 6.59. The topological polar surface area (TPSA) is 33.9 Å². The summed E-state index contributed by atoms with van der Waals surface area (Å²) in [6.07, 6.45) is 3.67. The molecule has 0 aromatic heterocycles. The van der Waals surface area contributed by atoms with E-state index in [1.54, 1.807) is 12.1 Å². The third-order valence-electron chi connectivity index (χ3n) is 4.19. The average molecular weight is 286 g/mol. The maximum absolute atomic E-state index is 11.3. The number of quaternary nitrogens is 1. The minimum Gasteiger partial charge on any atom is -0.497 e. The van der Waals surface area contributed by atoms with Gasteiger partial charge in [0.2, 0.25) is 0 Å². The van der Waals surface area contributed by atoms with E-state index in [-0.39, 0.29) is 17.2 Å². The third-order valence-corrected chi connectivity index (χ3v) is 4.19. The van der Waals surface area contributed by atoms with Crippen molar-refractivity contribution in [3.05, 3.63) is 29.8 Å². The molecule has 1 aromatic carbocycles. The number of methoxy groups -OCH3 is 1. The molecule has 20 heavy (non-hydrogen) atoms. The fourth-order valence-corrected chi connectivity index (χ4v) is 3.12. The second-order valence-corrected chi connectivity index (χ2v) is 5.62. The van der Waals surface area contributed by atoms with Gasteiger partial charge in [-0.2, -0.15) is 0 Å². The van der Waals surface area contributed by atoms with Crippen LogP contribution in [0.3, 0.4) is 0 Å². The maximum Gasteiger partial charge on any atom is 0.118 e. The summed E-state index contributed by atoms with van der Waals surface area (Å²) in [5, 5.41) is 11.3. The van der Waals surface area contributed by atoms with Crippen molar-refractivity contribution in [1.82, 2.24) is 0 Å². The van der Waals surface area contributed by atoms with E-state index in [1.165, 1.54) is 12.1 Å². The van der Waals surface area contributed by atoms with Gasteiger partial charge in [0.05, 0.1) is 50.0 Å². The molecule has 1 aliphatic rings. The van der Waals surface area contributed by atoms with Crippen LogP contribution in [-0.4, -0.2) is 38.3 Å². The molecule has 0 aliphatic heterocycles. The van der Waals surface area contributed by atoms with Crippen LogP contribution >= 0.6 is 0 Å². The lowest BCUT2D eigenvalue weighted by Gasteiger charge is -2.39. The van der Waals surface area contributed by atoms with Crippen LogP contribution in [0, 0.1) is 0 Å². The Kier molecular flexibility index (Phi) is 2.57. The highest BCUT2D eigenvalue weighted by molar-refractivity contribution is 5.31. The first kappa shape index (κ1) is 7.81. The van der Waals surface area contributed by atoms with E-state index in [0.29, 0.717) is 18.4 Å². The Morgan fingerprint density at radius 2 is 2.05 bits per heavy atom. The molecule has 3 nitrogen and oxygen atoms in total. The van der Waals surface area contributed by atoms with Crippen molar-refractivity contribution >= 4 is 0 Å². The van der Waals surface area contributed by atoms with Crippen LogP contribution < -0.4 is 9.64 Å². The van der Waals surface area contributed by atoms with Gasteiger partial charge in [0.25, 0.3) is 0 Å². The van der Waals surface area contributed by atoms with Crippen molar-refractivity contribution in [3.8, 4) is 5.75 Å². The van der Waals surface area contributed by atoms with E-state index in [1.807, 2.05) is 0 Å². The molecule has 112 valence electrons. The molecule has 2 N–H and O–H groups in total. The molecule has 1 saturated carbocycles. The molecule has 0 spiro atoms. The summed E-state index contributed by atoms with van der Waals surface area (Å²) in [6.45, 7) is -4.27. The predicted molar refractivity (Wildman–Crippen MR) is 81.4 cm³/mol. The smallest absolute Gasteiger partial charge is 0.118 e. The number of hydrogen-bond acceptors (Lipinski definition) is 2. The summed E-state index contributed by atoms with van der Waals surface area (Å²) in [5.74, 6) is -0.444. The van der Waals surface area contributed by atoms with E-state index < -0.39 is 32.5 Å². The summed E-state index contributed by atoms with van der Waals surface area (Å²) in [5.41, 5.74) is -0.486. The van der Waals surface area contributed by atoms with E-state index in [2.05, 4.69) is 0 Å². The number of nitrogens with one attached hydrogen (secondary N) is 1. The zero-order chi connectivity index (χ0) is 21.2. The van der Waals surface area contributed by atoms with Crippen LogP contribution in [0.25, 0.3) is 0 Å².